The second kappa shape index (κ2) is 5.21. The number of nitrogens with one attached hydrogen (secondary N) is 1. The highest BCUT2D eigenvalue weighted by molar-refractivity contribution is 5.79. The zero-order chi connectivity index (χ0) is 15.8. The number of carboxylic acid groups (broad SMARTS) is 1. The average molecular weight is 288 g/mol. The van der Waals surface area contributed by atoms with Crippen LogP contribution in [0.15, 0.2) is 0 Å². The van der Waals surface area contributed by atoms with Crippen LogP contribution >= 0.6 is 0 Å². The minimum absolute atomic E-state index is 0.348. The van der Waals surface area contributed by atoms with Crippen LogP contribution in [0.25, 0.3) is 0 Å². The molecule has 1 heterocycles. The Morgan fingerprint density at radius 1 is 1.25 bits per heavy atom. The van der Waals surface area contributed by atoms with Gasteiger partial charge in [-0.1, -0.05) is 0 Å². The number of aliphatic carboxylic acids is 1. The zero-order valence-corrected chi connectivity index (χ0v) is 12.7. The van der Waals surface area contributed by atoms with E-state index in [1.54, 1.807) is 4.90 Å². The first-order valence-corrected chi connectivity index (χ1v) is 6.53. The van der Waals surface area contributed by atoms with Crippen molar-refractivity contribution in [1.82, 2.24) is 10.2 Å². The highest BCUT2D eigenvalue weighted by atomic mass is 16.5. The third kappa shape index (κ3) is 4.35. The van der Waals surface area contributed by atoms with Crippen molar-refractivity contribution < 1.29 is 24.5 Å². The molecule has 7 heteroatoms. The fourth-order valence-electron chi connectivity index (χ4n) is 2.37. The summed E-state index contributed by atoms with van der Waals surface area (Å²) in [6.07, 6.45) is 0. The van der Waals surface area contributed by atoms with Crippen molar-refractivity contribution in [2.75, 3.05) is 19.6 Å². The highest BCUT2D eigenvalue weighted by Gasteiger charge is 2.40. The summed E-state index contributed by atoms with van der Waals surface area (Å²) in [7, 11) is 0. The predicted octanol–water partition coefficient (Wildman–Crippen LogP) is 0.421. The number of amides is 2. The highest BCUT2D eigenvalue weighted by Crippen LogP contribution is 2.27. The molecule has 0 aliphatic carbocycles. The molecule has 1 atom stereocenters. The monoisotopic (exact) mass is 288 g/mol. The van der Waals surface area contributed by atoms with Crippen molar-refractivity contribution in [3.05, 3.63) is 0 Å². The van der Waals surface area contributed by atoms with Crippen LogP contribution in [0.4, 0.5) is 4.79 Å². The Kier molecular flexibility index (Phi) is 4.36. The second-order valence-corrected chi connectivity index (χ2v) is 6.72. The van der Waals surface area contributed by atoms with Crippen LogP contribution in [0, 0.1) is 0 Å². The number of carboxylic acids is 1. The quantitative estimate of drug-likeness (QED) is 0.699. The van der Waals surface area contributed by atoms with E-state index in [9.17, 15) is 14.7 Å². The maximum atomic E-state index is 12.1. The second-order valence-electron chi connectivity index (χ2n) is 6.72. The Labute approximate surface area is 118 Å². The molecule has 0 aromatic rings. The molecule has 116 valence electrons. The van der Waals surface area contributed by atoms with Crippen molar-refractivity contribution in [2.24, 2.45) is 0 Å². The number of aliphatic hydroxyl groups is 1. The molecule has 1 saturated heterocycles. The molecular weight excluding hydrogens is 264 g/mol. The van der Waals surface area contributed by atoms with Gasteiger partial charge in [0.15, 0.2) is 5.60 Å². The molecule has 0 aromatic heterocycles. The molecule has 0 aromatic carbocycles. The molecule has 0 bridgehead atoms. The van der Waals surface area contributed by atoms with Gasteiger partial charge in [-0.05, 0) is 34.6 Å². The van der Waals surface area contributed by atoms with Gasteiger partial charge < -0.3 is 25.2 Å². The normalized spacial score (nSPS) is 23.8. The summed E-state index contributed by atoms with van der Waals surface area (Å²) < 4.78 is 5.86. The fraction of sp³-hybridized carbons (Fsp3) is 0.846. The van der Waals surface area contributed by atoms with Crippen molar-refractivity contribution in [2.45, 2.75) is 51.4 Å². The molecule has 3 N–H and O–H groups in total. The first-order valence-electron chi connectivity index (χ1n) is 6.53. The Bertz CT molecular complexity index is 388. The van der Waals surface area contributed by atoms with Crippen LogP contribution in [0.3, 0.4) is 0 Å². The minimum atomic E-state index is -1.98. The molecule has 0 saturated carbocycles. The van der Waals surface area contributed by atoms with Gasteiger partial charge in [-0.15, -0.1) is 0 Å². The van der Waals surface area contributed by atoms with Crippen molar-refractivity contribution in [3.8, 4) is 0 Å². The SMILES string of the molecule is CC1(C)CN(C(=O)NCC(C)(O)C(=O)O)CC(C)(C)O1. The summed E-state index contributed by atoms with van der Waals surface area (Å²) in [5, 5.41) is 20.8. The number of nitrogens with zero attached hydrogens (tertiary/aromatic N) is 1. The number of hydrogen-bond donors (Lipinski definition) is 3. The lowest BCUT2D eigenvalue weighted by atomic mass is 9.99. The molecule has 1 aliphatic rings. The van der Waals surface area contributed by atoms with Gasteiger partial charge in [-0.2, -0.15) is 0 Å². The average Bonchev–Trinajstić information content (AvgIpc) is 2.21. The van der Waals surface area contributed by atoms with Crippen molar-refractivity contribution >= 4 is 12.0 Å². The molecule has 20 heavy (non-hydrogen) atoms. The summed E-state index contributed by atoms with van der Waals surface area (Å²) in [6, 6.07) is -0.407. The number of urea groups is 1. The molecular formula is C13H24N2O5. The van der Waals surface area contributed by atoms with Crippen LogP contribution in [0.5, 0.6) is 0 Å². The minimum Gasteiger partial charge on any atom is -0.479 e. The van der Waals surface area contributed by atoms with Gasteiger partial charge in [0.25, 0.3) is 0 Å². The lowest BCUT2D eigenvalue weighted by Crippen LogP contribution is -2.61. The molecule has 2 amide bonds. The smallest absolute Gasteiger partial charge is 0.337 e. The third-order valence-corrected chi connectivity index (χ3v) is 3.03. The van der Waals surface area contributed by atoms with E-state index in [0.717, 1.165) is 6.92 Å². The largest absolute Gasteiger partial charge is 0.479 e. The topological polar surface area (TPSA) is 99.1 Å². The summed E-state index contributed by atoms with van der Waals surface area (Å²) in [4.78, 5) is 24.5. The van der Waals surface area contributed by atoms with E-state index in [-0.39, 0.29) is 6.54 Å². The van der Waals surface area contributed by atoms with Crippen molar-refractivity contribution in [1.29, 1.82) is 0 Å². The van der Waals surface area contributed by atoms with Crippen LogP contribution in [0.2, 0.25) is 0 Å². The Morgan fingerprint density at radius 3 is 2.10 bits per heavy atom. The first kappa shape index (κ1) is 16.7. The van der Waals surface area contributed by atoms with E-state index < -0.39 is 28.8 Å². The van der Waals surface area contributed by atoms with Crippen LogP contribution in [0.1, 0.15) is 34.6 Å². The van der Waals surface area contributed by atoms with Gasteiger partial charge >= 0.3 is 12.0 Å². The van der Waals surface area contributed by atoms with Gasteiger partial charge in [0.2, 0.25) is 0 Å². The zero-order valence-electron chi connectivity index (χ0n) is 12.7. The van der Waals surface area contributed by atoms with Crippen LogP contribution < -0.4 is 5.32 Å². The molecule has 7 nitrogen and oxygen atoms in total. The Balaban J connectivity index is 2.66. The number of rotatable bonds is 3. The van der Waals surface area contributed by atoms with E-state index in [0.29, 0.717) is 13.1 Å². The standard InChI is InChI=1S/C13H24N2O5/c1-11(2)7-15(8-12(3,4)20-11)10(18)14-6-13(5,19)9(16)17/h19H,6-8H2,1-5H3,(H,14,18)(H,16,17). The van der Waals surface area contributed by atoms with E-state index in [1.165, 1.54) is 0 Å². The molecule has 1 fully saturated rings. The number of carbonyl (C=O) groups is 2. The first-order chi connectivity index (χ1) is 8.85. The Hall–Kier alpha value is -1.34. The van der Waals surface area contributed by atoms with Gasteiger partial charge in [0.1, 0.15) is 0 Å². The van der Waals surface area contributed by atoms with Crippen LogP contribution in [-0.2, 0) is 9.53 Å². The van der Waals surface area contributed by atoms with Gasteiger partial charge in [-0.25, -0.2) is 9.59 Å². The van der Waals surface area contributed by atoms with Crippen LogP contribution in [-0.4, -0.2) is 63.6 Å². The van der Waals surface area contributed by atoms with E-state index >= 15 is 0 Å². The van der Waals surface area contributed by atoms with Gasteiger partial charge in [-0.3, -0.25) is 0 Å². The number of hydrogen-bond acceptors (Lipinski definition) is 4. The molecule has 1 aliphatic heterocycles. The summed E-state index contributed by atoms with van der Waals surface area (Å²) in [5.74, 6) is -1.37. The maximum absolute atomic E-state index is 12.1. The number of ether oxygens (including phenoxy) is 1. The van der Waals surface area contributed by atoms with E-state index in [2.05, 4.69) is 5.32 Å². The maximum Gasteiger partial charge on any atom is 0.337 e. The van der Waals surface area contributed by atoms with Crippen molar-refractivity contribution in [3.63, 3.8) is 0 Å². The van der Waals surface area contributed by atoms with E-state index in [4.69, 9.17) is 9.84 Å². The lowest BCUT2D eigenvalue weighted by molar-refractivity contribution is -0.170. The Morgan fingerprint density at radius 2 is 1.70 bits per heavy atom. The molecule has 1 rings (SSSR count). The third-order valence-electron chi connectivity index (χ3n) is 3.03. The van der Waals surface area contributed by atoms with Gasteiger partial charge in [0, 0.05) is 0 Å². The number of carbonyl (C=O) groups excluding carboxylic acids is 1. The lowest BCUT2D eigenvalue weighted by Gasteiger charge is -2.47. The van der Waals surface area contributed by atoms with Gasteiger partial charge in [0.05, 0.1) is 30.8 Å². The summed E-state index contributed by atoms with van der Waals surface area (Å²) >= 11 is 0. The van der Waals surface area contributed by atoms with E-state index in [1.807, 2.05) is 27.7 Å². The fourth-order valence-corrected chi connectivity index (χ4v) is 2.37. The molecule has 1 unspecified atom stereocenters. The summed E-state index contributed by atoms with van der Waals surface area (Å²) in [5.41, 5.74) is -2.93. The molecule has 0 radical (unpaired) electrons. The number of morpholine rings is 1. The molecule has 0 spiro atoms. The summed E-state index contributed by atoms with van der Waals surface area (Å²) in [6.45, 7) is 9.16. The predicted molar refractivity (Wildman–Crippen MR) is 72.5 cm³/mol.